The summed E-state index contributed by atoms with van der Waals surface area (Å²) >= 11 is 7.33. The topological polar surface area (TPSA) is 75.4 Å². The molecule has 0 amide bonds. The molecule has 73 heavy (non-hydrogen) atoms. The van der Waals surface area contributed by atoms with Crippen LogP contribution in [0.1, 0.15) is 34.1 Å². The zero-order chi connectivity index (χ0) is 49.7. The lowest BCUT2D eigenvalue weighted by atomic mass is 9.93. The van der Waals surface area contributed by atoms with Gasteiger partial charge in [-0.2, -0.15) is 0 Å². The van der Waals surface area contributed by atoms with Crippen LogP contribution in [0.2, 0.25) is 0 Å². The molecule has 0 saturated heterocycles. The van der Waals surface area contributed by atoms with Gasteiger partial charge in [-0.1, -0.05) is 146 Å². The fourth-order valence-electron chi connectivity index (χ4n) is 10.3. The molecule has 0 aliphatic rings. The van der Waals surface area contributed by atoms with Crippen LogP contribution >= 0.6 is 45.3 Å². The third-order valence-corrected chi connectivity index (χ3v) is 18.3. The number of nitrogens with two attached hydrogens (primary N) is 1. The standard InChI is InChI=1S/C38H26OS2.C26H18N2S2.CH3N/c1-4-9-27-28-16-14-24(21-35(28)40-33(27)5-2)26-18-17-25(37-29-11-6-7-13-34(29)41-38(26)37)23-15-19-31-30(20-23)36-22(3)10-8-12-32(36)39-31;27-26(17-10-12-21-19-6-2-4-8-23(19)30-25(21)14-17)28-15-16-9-11-20-18-5-1-3-7-22(18)29-24(20)13-16;1-2/h4-21H,2H2,1,3H3;1-14H,15H2,(H2,27,28);2H,1H2/b9-4-;;. The molecule has 0 radical (unpaired) electrons. The van der Waals surface area contributed by atoms with E-state index in [9.17, 15) is 0 Å². The number of fused-ring (bicyclic) bond motifs is 13. The minimum atomic E-state index is 0.584. The highest BCUT2D eigenvalue weighted by Gasteiger charge is 2.19. The van der Waals surface area contributed by atoms with E-state index >= 15 is 0 Å². The number of hydrogen-bond donors (Lipinski definition) is 2. The van der Waals surface area contributed by atoms with Crippen molar-refractivity contribution in [2.45, 2.75) is 20.4 Å². The van der Waals surface area contributed by atoms with Gasteiger partial charge >= 0.3 is 0 Å². The monoisotopic (exact) mass is 1010 g/mol. The van der Waals surface area contributed by atoms with E-state index in [4.69, 9.17) is 15.6 Å². The Kier molecular flexibility index (Phi) is 12.1. The highest BCUT2D eigenvalue weighted by atomic mass is 32.1. The number of amidine groups is 1. The van der Waals surface area contributed by atoms with Crippen LogP contribution in [0.25, 0.3) is 127 Å². The largest absolute Gasteiger partial charge is 0.456 e. The molecule has 8 heteroatoms. The second kappa shape index (κ2) is 19.2. The lowest BCUT2D eigenvalue weighted by molar-refractivity contribution is 0.669. The first-order valence-corrected chi connectivity index (χ1v) is 27.3. The van der Waals surface area contributed by atoms with E-state index in [1.165, 1.54) is 125 Å². The fourth-order valence-corrected chi connectivity index (χ4v) is 14.9. The summed E-state index contributed by atoms with van der Waals surface area (Å²) in [4.78, 5) is 5.91. The van der Waals surface area contributed by atoms with Crippen molar-refractivity contribution in [2.75, 3.05) is 0 Å². The van der Waals surface area contributed by atoms with Gasteiger partial charge in [0.15, 0.2) is 0 Å². The Morgan fingerprint density at radius 1 is 0.548 bits per heavy atom. The Morgan fingerprint density at radius 3 is 1.90 bits per heavy atom. The van der Waals surface area contributed by atoms with Crippen LogP contribution in [0.3, 0.4) is 0 Å². The third kappa shape index (κ3) is 8.13. The first-order valence-electron chi connectivity index (χ1n) is 24.1. The van der Waals surface area contributed by atoms with Gasteiger partial charge in [0.2, 0.25) is 0 Å². The van der Waals surface area contributed by atoms with E-state index < -0.39 is 0 Å². The summed E-state index contributed by atoms with van der Waals surface area (Å²) in [7, 11) is 0. The predicted octanol–water partition coefficient (Wildman–Crippen LogP) is 20.1. The normalized spacial score (nSPS) is 12.0. The molecule has 0 atom stereocenters. The van der Waals surface area contributed by atoms with Crippen molar-refractivity contribution in [1.82, 2.24) is 0 Å². The SMILES string of the molecule is C=Cc1sc2cc(-c3ccc(-c4ccc5oc6cccc(C)c6c5c4)c4c3sc3ccccc34)ccc2c1/C=C\C.C=N.NC(=NCc1ccc2c(c1)sc1ccccc12)c1ccc2c(c1)sc1ccccc12. The van der Waals surface area contributed by atoms with Gasteiger partial charge in [0.25, 0.3) is 0 Å². The zero-order valence-electron chi connectivity index (χ0n) is 40.2. The molecule has 4 nitrogen and oxygen atoms in total. The number of aryl methyl sites for hydroxylation is 1. The maximum atomic E-state index is 6.36. The number of allylic oxidation sites excluding steroid dienone is 1. The molecular formula is C65H47N3OS4. The first-order chi connectivity index (χ1) is 35.9. The Morgan fingerprint density at radius 2 is 1.16 bits per heavy atom. The van der Waals surface area contributed by atoms with Crippen LogP contribution in [0.5, 0.6) is 0 Å². The summed E-state index contributed by atoms with van der Waals surface area (Å²) < 4.78 is 15.3. The van der Waals surface area contributed by atoms with E-state index in [-0.39, 0.29) is 0 Å². The number of thiophene rings is 4. The van der Waals surface area contributed by atoms with Crippen molar-refractivity contribution in [2.24, 2.45) is 10.7 Å². The first kappa shape index (κ1) is 46.1. The summed E-state index contributed by atoms with van der Waals surface area (Å²) in [6.07, 6.45) is 6.27. The quantitative estimate of drug-likeness (QED) is 0.123. The number of rotatable bonds is 7. The molecular weight excluding hydrogens is 967 g/mol. The van der Waals surface area contributed by atoms with Crippen LogP contribution in [-0.4, -0.2) is 12.6 Å². The molecule has 352 valence electrons. The van der Waals surface area contributed by atoms with Gasteiger partial charge < -0.3 is 15.6 Å². The second-order valence-corrected chi connectivity index (χ2v) is 22.3. The lowest BCUT2D eigenvalue weighted by Gasteiger charge is -2.10. The maximum Gasteiger partial charge on any atom is 0.135 e. The van der Waals surface area contributed by atoms with Crippen molar-refractivity contribution in [1.29, 1.82) is 5.41 Å². The van der Waals surface area contributed by atoms with Crippen molar-refractivity contribution < 1.29 is 4.42 Å². The maximum absolute atomic E-state index is 6.36. The van der Waals surface area contributed by atoms with Crippen LogP contribution in [0.4, 0.5) is 0 Å². The molecule has 0 saturated carbocycles. The van der Waals surface area contributed by atoms with Gasteiger partial charge in [0.05, 0.1) is 6.54 Å². The molecule has 5 heterocycles. The molecule has 0 aliphatic carbocycles. The molecule has 5 aromatic heterocycles. The number of furan rings is 1. The van der Waals surface area contributed by atoms with Crippen molar-refractivity contribution in [3.05, 3.63) is 216 Å². The van der Waals surface area contributed by atoms with Gasteiger partial charge in [0, 0.05) is 91.8 Å². The summed E-state index contributed by atoms with van der Waals surface area (Å²) in [5, 5.41) is 17.0. The number of benzene rings is 9. The van der Waals surface area contributed by atoms with Crippen molar-refractivity contribution in [3.8, 4) is 22.3 Å². The molecule has 0 unspecified atom stereocenters. The fraction of sp³-hybridized carbons (Fsp3) is 0.0462. The van der Waals surface area contributed by atoms with Gasteiger partial charge in [0.1, 0.15) is 17.0 Å². The molecule has 0 aliphatic heterocycles. The third-order valence-electron chi connectivity index (χ3n) is 13.7. The van der Waals surface area contributed by atoms with Crippen LogP contribution < -0.4 is 5.73 Å². The molecule has 14 rings (SSSR count). The molecule has 0 spiro atoms. The van der Waals surface area contributed by atoms with E-state index in [0.717, 1.165) is 16.7 Å². The molecule has 9 aromatic carbocycles. The van der Waals surface area contributed by atoms with Gasteiger partial charge in [-0.25, -0.2) is 0 Å². The number of hydrogen-bond acceptors (Lipinski definition) is 7. The van der Waals surface area contributed by atoms with Gasteiger partial charge in [-0.15, -0.1) is 45.3 Å². The Hall–Kier alpha value is -7.98. The molecule has 3 N–H and O–H groups in total. The Balaban J connectivity index is 0.000000150. The smallest absolute Gasteiger partial charge is 0.135 e. The number of aliphatic imine (C=N–C) groups is 1. The van der Waals surface area contributed by atoms with Crippen LogP contribution in [0.15, 0.2) is 198 Å². The Bertz CT molecular complexity index is 4540. The summed E-state index contributed by atoms with van der Waals surface area (Å²) in [5.74, 6) is 0.589. The average molecular weight is 1010 g/mol. The number of nitrogens with one attached hydrogen (secondary N) is 1. The zero-order valence-corrected chi connectivity index (χ0v) is 43.4. The summed E-state index contributed by atoms with van der Waals surface area (Å²) in [5.41, 5.74) is 17.9. The number of nitrogens with zero attached hydrogens (tertiary/aromatic N) is 1. The van der Waals surface area contributed by atoms with Gasteiger partial charge in [-0.05, 0) is 114 Å². The average Bonchev–Trinajstić information content (AvgIpc) is 4.27. The minimum absolute atomic E-state index is 0.584. The van der Waals surface area contributed by atoms with E-state index in [0.29, 0.717) is 12.4 Å². The van der Waals surface area contributed by atoms with Crippen molar-refractivity contribution in [3.63, 3.8) is 0 Å². The minimum Gasteiger partial charge on any atom is -0.456 e. The van der Waals surface area contributed by atoms with Crippen molar-refractivity contribution >= 4 is 163 Å². The lowest BCUT2D eigenvalue weighted by Crippen LogP contribution is -2.13. The van der Waals surface area contributed by atoms with E-state index in [1.54, 1.807) is 11.3 Å². The van der Waals surface area contributed by atoms with E-state index in [1.807, 2.05) is 40.1 Å². The summed E-state index contributed by atoms with van der Waals surface area (Å²) in [6, 6.07) is 63.3. The summed E-state index contributed by atoms with van der Waals surface area (Å²) in [6.45, 7) is 11.4. The molecule has 14 aromatic rings. The predicted molar refractivity (Wildman–Crippen MR) is 325 cm³/mol. The van der Waals surface area contributed by atoms with Gasteiger partial charge in [-0.3, -0.25) is 4.99 Å². The van der Waals surface area contributed by atoms with Crippen LogP contribution in [-0.2, 0) is 6.54 Å². The highest BCUT2D eigenvalue weighted by molar-refractivity contribution is 7.27. The molecule has 0 fully saturated rings. The molecule has 0 bridgehead atoms. The highest BCUT2D eigenvalue weighted by Crippen LogP contribution is 2.47. The Labute approximate surface area is 438 Å². The second-order valence-electron chi connectivity index (χ2n) is 18.0. The van der Waals surface area contributed by atoms with E-state index in [2.05, 4.69) is 220 Å². The van der Waals surface area contributed by atoms with Crippen LogP contribution in [0, 0.1) is 12.3 Å².